The minimum absolute atomic E-state index is 0.00224. The van der Waals surface area contributed by atoms with Crippen LogP contribution in [0.25, 0.3) is 11.3 Å². The highest BCUT2D eigenvalue weighted by Crippen LogP contribution is 2.41. The Morgan fingerprint density at radius 2 is 2.24 bits per heavy atom. The van der Waals surface area contributed by atoms with Gasteiger partial charge in [-0.25, -0.2) is 9.97 Å². The molecule has 0 saturated heterocycles. The van der Waals surface area contributed by atoms with Crippen molar-refractivity contribution in [2.24, 2.45) is 0 Å². The number of aliphatic hydroxyl groups excluding tert-OH is 1. The maximum atomic E-state index is 9.88. The van der Waals surface area contributed by atoms with Crippen molar-refractivity contribution in [3.8, 4) is 17.3 Å². The van der Waals surface area contributed by atoms with E-state index in [2.05, 4.69) is 45.6 Å². The van der Waals surface area contributed by atoms with Crippen LogP contribution in [0.4, 0.5) is 17.3 Å². The first-order chi connectivity index (χ1) is 13.9. The zero-order valence-corrected chi connectivity index (χ0v) is 16.6. The SMILES string of the molecule is CC(C)n1cc(Nc2nccc(-c3cc(C#N)c4c(c3)C(C)(CO)CN4)n2)cn1. The summed E-state index contributed by atoms with van der Waals surface area (Å²) < 4.78 is 1.86. The van der Waals surface area contributed by atoms with Crippen LogP contribution in [0, 0.1) is 11.3 Å². The third-order valence-corrected chi connectivity index (χ3v) is 5.25. The molecule has 1 aromatic carbocycles. The van der Waals surface area contributed by atoms with Gasteiger partial charge in [-0.15, -0.1) is 0 Å². The van der Waals surface area contributed by atoms with E-state index in [1.54, 1.807) is 12.4 Å². The van der Waals surface area contributed by atoms with Gasteiger partial charge < -0.3 is 15.7 Å². The number of nitriles is 1. The first-order valence-corrected chi connectivity index (χ1v) is 9.51. The average Bonchev–Trinajstić information content (AvgIpc) is 3.33. The molecule has 0 radical (unpaired) electrons. The fraction of sp³-hybridized carbons (Fsp3) is 0.333. The van der Waals surface area contributed by atoms with Crippen molar-refractivity contribution in [3.05, 3.63) is 47.9 Å². The second-order valence-corrected chi connectivity index (χ2v) is 7.82. The molecule has 0 aliphatic carbocycles. The van der Waals surface area contributed by atoms with Crippen molar-refractivity contribution in [2.45, 2.75) is 32.2 Å². The number of benzene rings is 1. The highest BCUT2D eigenvalue weighted by Gasteiger charge is 2.35. The smallest absolute Gasteiger partial charge is 0.227 e. The molecule has 0 fully saturated rings. The predicted molar refractivity (Wildman–Crippen MR) is 111 cm³/mol. The fourth-order valence-corrected chi connectivity index (χ4v) is 3.46. The highest BCUT2D eigenvalue weighted by molar-refractivity contribution is 5.76. The van der Waals surface area contributed by atoms with Crippen LogP contribution in [0.3, 0.4) is 0 Å². The van der Waals surface area contributed by atoms with Crippen LogP contribution in [0.1, 0.15) is 37.9 Å². The summed E-state index contributed by atoms with van der Waals surface area (Å²) in [7, 11) is 0. The molecule has 4 rings (SSSR count). The Morgan fingerprint density at radius 3 is 2.93 bits per heavy atom. The van der Waals surface area contributed by atoms with E-state index in [0.717, 1.165) is 22.5 Å². The zero-order valence-electron chi connectivity index (χ0n) is 16.6. The highest BCUT2D eigenvalue weighted by atomic mass is 16.3. The summed E-state index contributed by atoms with van der Waals surface area (Å²) in [5, 5.41) is 30.2. The van der Waals surface area contributed by atoms with E-state index in [4.69, 9.17) is 0 Å². The topological polar surface area (TPSA) is 112 Å². The molecule has 0 spiro atoms. The number of rotatable bonds is 5. The van der Waals surface area contributed by atoms with E-state index in [9.17, 15) is 10.4 Å². The van der Waals surface area contributed by atoms with Crippen LogP contribution in [0.2, 0.25) is 0 Å². The second kappa shape index (κ2) is 7.18. The quantitative estimate of drug-likeness (QED) is 0.614. The van der Waals surface area contributed by atoms with Crippen molar-refractivity contribution in [1.82, 2.24) is 19.7 Å². The van der Waals surface area contributed by atoms with Crippen molar-refractivity contribution >= 4 is 17.3 Å². The van der Waals surface area contributed by atoms with Crippen LogP contribution in [0.5, 0.6) is 0 Å². The number of aromatic nitrogens is 4. The monoisotopic (exact) mass is 389 g/mol. The Hall–Kier alpha value is -3.44. The lowest BCUT2D eigenvalue weighted by Crippen LogP contribution is -2.28. The number of fused-ring (bicyclic) bond motifs is 1. The number of nitrogens with one attached hydrogen (secondary N) is 2. The standard InChI is InChI=1S/C21H23N7O/c1-13(2)28-10-16(9-25-28)26-20-23-5-4-18(27-20)14-6-15(8-22)19-17(7-14)21(3,12-29)11-24-19/h4-7,9-10,13,24,29H,11-12H2,1-3H3,(H,23,26,27). The lowest BCUT2D eigenvalue weighted by Gasteiger charge is -2.21. The molecule has 3 N–H and O–H groups in total. The molecular formula is C21H23N7O. The fourth-order valence-electron chi connectivity index (χ4n) is 3.46. The maximum Gasteiger partial charge on any atom is 0.227 e. The van der Waals surface area contributed by atoms with Gasteiger partial charge >= 0.3 is 0 Å². The van der Waals surface area contributed by atoms with Gasteiger partial charge in [0, 0.05) is 36.0 Å². The third-order valence-electron chi connectivity index (χ3n) is 5.25. The Morgan fingerprint density at radius 1 is 1.41 bits per heavy atom. The number of aliphatic hydroxyl groups is 1. The van der Waals surface area contributed by atoms with Crippen LogP contribution in [-0.2, 0) is 5.41 Å². The van der Waals surface area contributed by atoms with Crippen LogP contribution in [-0.4, -0.2) is 38.0 Å². The van der Waals surface area contributed by atoms with Crippen LogP contribution in [0.15, 0.2) is 36.8 Å². The molecule has 8 nitrogen and oxygen atoms in total. The molecule has 0 bridgehead atoms. The molecule has 148 valence electrons. The van der Waals surface area contributed by atoms with Gasteiger partial charge in [0.25, 0.3) is 0 Å². The molecular weight excluding hydrogens is 366 g/mol. The molecule has 1 aliphatic heterocycles. The van der Waals surface area contributed by atoms with E-state index in [0.29, 0.717) is 23.8 Å². The summed E-state index contributed by atoms with van der Waals surface area (Å²) in [6.07, 6.45) is 5.32. The molecule has 0 amide bonds. The summed E-state index contributed by atoms with van der Waals surface area (Å²) in [6, 6.07) is 8.14. The zero-order chi connectivity index (χ0) is 20.6. The van der Waals surface area contributed by atoms with Crippen molar-refractivity contribution < 1.29 is 5.11 Å². The molecule has 2 aromatic heterocycles. The van der Waals surface area contributed by atoms with Crippen molar-refractivity contribution in [3.63, 3.8) is 0 Å². The summed E-state index contributed by atoms with van der Waals surface area (Å²) in [5.74, 6) is 0.452. The number of nitrogens with zero attached hydrogens (tertiary/aromatic N) is 5. The lowest BCUT2D eigenvalue weighted by molar-refractivity contribution is 0.219. The van der Waals surface area contributed by atoms with E-state index in [1.807, 2.05) is 36.0 Å². The molecule has 29 heavy (non-hydrogen) atoms. The van der Waals surface area contributed by atoms with E-state index in [-0.39, 0.29) is 12.6 Å². The van der Waals surface area contributed by atoms with Gasteiger partial charge in [0.2, 0.25) is 5.95 Å². The minimum atomic E-state index is -0.434. The van der Waals surface area contributed by atoms with Crippen molar-refractivity contribution in [1.29, 1.82) is 5.26 Å². The summed E-state index contributed by atoms with van der Waals surface area (Å²) in [5.41, 5.74) is 4.15. The van der Waals surface area contributed by atoms with Gasteiger partial charge in [0.1, 0.15) is 6.07 Å². The van der Waals surface area contributed by atoms with Gasteiger partial charge in [0.15, 0.2) is 0 Å². The van der Waals surface area contributed by atoms with Gasteiger partial charge in [0.05, 0.1) is 35.4 Å². The average molecular weight is 389 g/mol. The van der Waals surface area contributed by atoms with E-state index < -0.39 is 5.41 Å². The summed E-state index contributed by atoms with van der Waals surface area (Å²) >= 11 is 0. The molecule has 3 heterocycles. The number of anilines is 3. The van der Waals surface area contributed by atoms with Crippen LogP contribution < -0.4 is 10.6 Å². The molecule has 1 atom stereocenters. The number of hydrogen-bond donors (Lipinski definition) is 3. The van der Waals surface area contributed by atoms with Gasteiger partial charge in [-0.05, 0) is 37.6 Å². The predicted octanol–water partition coefficient (Wildman–Crippen LogP) is 3.21. The second-order valence-electron chi connectivity index (χ2n) is 7.82. The normalized spacial score (nSPS) is 17.7. The largest absolute Gasteiger partial charge is 0.395 e. The molecule has 8 heteroatoms. The molecule has 1 unspecified atom stereocenters. The molecule has 1 aliphatic rings. The first-order valence-electron chi connectivity index (χ1n) is 9.51. The molecule has 0 saturated carbocycles. The Labute approximate surface area is 169 Å². The summed E-state index contributed by atoms with van der Waals surface area (Å²) in [4.78, 5) is 8.91. The Balaban J connectivity index is 1.70. The lowest BCUT2D eigenvalue weighted by atomic mass is 9.83. The summed E-state index contributed by atoms with van der Waals surface area (Å²) in [6.45, 7) is 6.69. The number of hydrogen-bond acceptors (Lipinski definition) is 7. The molecule has 3 aromatic rings. The van der Waals surface area contributed by atoms with E-state index >= 15 is 0 Å². The van der Waals surface area contributed by atoms with Gasteiger partial charge in [-0.1, -0.05) is 6.92 Å². The Kier molecular flexibility index (Phi) is 4.68. The Bertz CT molecular complexity index is 1100. The van der Waals surface area contributed by atoms with Gasteiger partial charge in [-0.2, -0.15) is 10.4 Å². The minimum Gasteiger partial charge on any atom is -0.395 e. The van der Waals surface area contributed by atoms with E-state index in [1.165, 1.54) is 0 Å². The van der Waals surface area contributed by atoms with Crippen LogP contribution >= 0.6 is 0 Å². The maximum absolute atomic E-state index is 9.88. The van der Waals surface area contributed by atoms with Gasteiger partial charge in [-0.3, -0.25) is 4.68 Å². The van der Waals surface area contributed by atoms with Crippen molar-refractivity contribution in [2.75, 3.05) is 23.8 Å². The third kappa shape index (κ3) is 3.41. The first kappa shape index (κ1) is 18.9.